The fraction of sp³-hybridized carbons (Fsp3) is 0.481. The Labute approximate surface area is 223 Å². The zero-order valence-corrected chi connectivity index (χ0v) is 21.3. The van der Waals surface area contributed by atoms with Crippen molar-refractivity contribution in [3.63, 3.8) is 0 Å². The summed E-state index contributed by atoms with van der Waals surface area (Å²) in [5, 5.41) is 64.4. The molecule has 1 fully saturated rings. The lowest BCUT2D eigenvalue weighted by Gasteiger charge is -2.44. The number of ether oxygens (including phenoxy) is 3. The molecule has 0 amide bonds. The van der Waals surface area contributed by atoms with E-state index >= 15 is 0 Å². The number of hydrogen-bond donors (Lipinski definition) is 7. The van der Waals surface area contributed by atoms with Crippen molar-refractivity contribution in [2.24, 2.45) is 5.73 Å². The first-order valence-corrected chi connectivity index (χ1v) is 12.6. The van der Waals surface area contributed by atoms with E-state index in [1.807, 2.05) is 0 Å². The summed E-state index contributed by atoms with van der Waals surface area (Å²) < 4.78 is 17.1. The van der Waals surface area contributed by atoms with Gasteiger partial charge in [-0.2, -0.15) is 0 Å². The van der Waals surface area contributed by atoms with Crippen LogP contribution in [-0.2, 0) is 15.9 Å². The fourth-order valence-corrected chi connectivity index (χ4v) is 5.84. The van der Waals surface area contributed by atoms with Crippen molar-refractivity contribution in [1.29, 1.82) is 0 Å². The molecule has 1 saturated heterocycles. The van der Waals surface area contributed by atoms with Gasteiger partial charge in [-0.05, 0) is 13.0 Å². The third-order valence-corrected chi connectivity index (χ3v) is 7.97. The predicted octanol–water partition coefficient (Wildman–Crippen LogP) is -0.207. The van der Waals surface area contributed by atoms with Crippen LogP contribution < -0.4 is 10.5 Å². The van der Waals surface area contributed by atoms with E-state index in [9.17, 15) is 40.2 Å². The molecule has 7 atom stereocenters. The molecular weight excluding hydrogens is 514 g/mol. The van der Waals surface area contributed by atoms with Crippen molar-refractivity contribution in [2.45, 2.75) is 68.5 Å². The highest BCUT2D eigenvalue weighted by atomic mass is 16.7. The Morgan fingerprint density at radius 2 is 1.85 bits per heavy atom. The number of benzene rings is 2. The van der Waals surface area contributed by atoms with Crippen molar-refractivity contribution in [3.05, 3.63) is 51.6 Å². The minimum Gasteiger partial charge on any atom is -0.507 e. The minimum atomic E-state index is -2.05. The maximum absolute atomic E-state index is 13.7. The van der Waals surface area contributed by atoms with Gasteiger partial charge in [-0.3, -0.25) is 9.59 Å². The second-order valence-electron chi connectivity index (χ2n) is 10.3. The van der Waals surface area contributed by atoms with Crippen LogP contribution in [0.25, 0.3) is 0 Å². The van der Waals surface area contributed by atoms with E-state index in [0.29, 0.717) is 0 Å². The Kier molecular flexibility index (Phi) is 6.92. The van der Waals surface area contributed by atoms with Crippen LogP contribution >= 0.6 is 0 Å². The number of carbonyl (C=O) groups is 2. The molecule has 0 spiro atoms. The summed E-state index contributed by atoms with van der Waals surface area (Å²) in [5.74, 6) is -2.68. The van der Waals surface area contributed by atoms with Gasteiger partial charge in [-0.25, -0.2) is 0 Å². The number of phenolic OH excluding ortho intramolecular Hbond substituents is 2. The monoisotopic (exact) mass is 545 g/mol. The summed E-state index contributed by atoms with van der Waals surface area (Å²) in [5.41, 5.74) is 2.77. The predicted molar refractivity (Wildman–Crippen MR) is 133 cm³/mol. The van der Waals surface area contributed by atoms with Gasteiger partial charge < -0.3 is 50.6 Å². The molecule has 12 nitrogen and oxygen atoms in total. The molecule has 2 aromatic rings. The largest absolute Gasteiger partial charge is 0.507 e. The summed E-state index contributed by atoms with van der Waals surface area (Å²) in [7, 11) is 1.33. The SMILES string of the molecule is COc1cccc2c1C(=O)c1c(O)c3c(c(O)c1C2=O)C[C@@](O)(C(O)CO)C[C@@H]3OC1CC(N)C(O)C(C)O1. The van der Waals surface area contributed by atoms with Gasteiger partial charge in [0.05, 0.1) is 54.3 Å². The van der Waals surface area contributed by atoms with Crippen LogP contribution in [0.5, 0.6) is 17.2 Å². The van der Waals surface area contributed by atoms with E-state index in [1.165, 1.54) is 25.3 Å². The quantitative estimate of drug-likeness (QED) is 0.208. The van der Waals surface area contributed by atoms with Crippen molar-refractivity contribution in [1.82, 2.24) is 0 Å². The van der Waals surface area contributed by atoms with Crippen LogP contribution in [0.3, 0.4) is 0 Å². The Bertz CT molecular complexity index is 1330. The molecule has 5 rings (SSSR count). The highest BCUT2D eigenvalue weighted by Gasteiger charge is 2.50. The number of rotatable bonds is 5. The first-order chi connectivity index (χ1) is 18.4. The van der Waals surface area contributed by atoms with Crippen LogP contribution in [0.1, 0.15) is 68.8 Å². The molecule has 8 N–H and O–H groups in total. The second-order valence-corrected chi connectivity index (χ2v) is 10.3. The van der Waals surface area contributed by atoms with Gasteiger partial charge in [0.15, 0.2) is 12.1 Å². The zero-order valence-electron chi connectivity index (χ0n) is 21.3. The first kappa shape index (κ1) is 27.5. The number of ketones is 2. The minimum absolute atomic E-state index is 0.0343. The molecule has 0 saturated carbocycles. The van der Waals surface area contributed by atoms with Crippen molar-refractivity contribution in [2.75, 3.05) is 13.7 Å². The Morgan fingerprint density at radius 1 is 1.15 bits per heavy atom. The Hall–Kier alpha value is -3.10. The number of phenols is 2. The molecule has 1 aliphatic heterocycles. The standard InChI is InChI=1S/C27H31NO11/c1-10-22(31)13(28)6-17(38-10)39-15-8-27(36,16(30)9-29)7-12-19(15)26(35)21-20(24(12)33)23(32)11-4-3-5-14(37-2)18(11)25(21)34/h3-5,10,13,15-17,22,29-31,33,35-36H,6-9,28H2,1-2H3/t10?,13?,15-,16?,17?,22?,27-/m0/s1. The average Bonchev–Trinajstić information content (AvgIpc) is 2.90. The summed E-state index contributed by atoms with van der Waals surface area (Å²) in [6.07, 6.45) is -6.45. The number of aromatic hydroxyl groups is 2. The lowest BCUT2D eigenvalue weighted by molar-refractivity contribution is -0.251. The molecule has 2 aromatic carbocycles. The number of aliphatic hydroxyl groups is 4. The van der Waals surface area contributed by atoms with Crippen LogP contribution in [0.4, 0.5) is 0 Å². The highest BCUT2D eigenvalue weighted by Crippen LogP contribution is 2.52. The maximum atomic E-state index is 13.7. The summed E-state index contributed by atoms with van der Waals surface area (Å²) in [4.78, 5) is 27.2. The Morgan fingerprint density at radius 3 is 2.49 bits per heavy atom. The molecular formula is C27H31NO11. The number of methoxy groups -OCH3 is 1. The molecule has 0 bridgehead atoms. The molecule has 1 heterocycles. The molecule has 3 aliphatic rings. The molecule has 12 heteroatoms. The molecule has 5 unspecified atom stereocenters. The zero-order chi connectivity index (χ0) is 28.4. The smallest absolute Gasteiger partial charge is 0.202 e. The Balaban J connectivity index is 1.68. The van der Waals surface area contributed by atoms with Crippen LogP contribution in [0.2, 0.25) is 0 Å². The highest BCUT2D eigenvalue weighted by molar-refractivity contribution is 6.31. The molecule has 210 valence electrons. The average molecular weight is 546 g/mol. The van der Waals surface area contributed by atoms with E-state index in [1.54, 1.807) is 6.92 Å². The molecule has 0 radical (unpaired) electrons. The van der Waals surface area contributed by atoms with Crippen LogP contribution in [0, 0.1) is 0 Å². The van der Waals surface area contributed by atoms with E-state index in [0.717, 1.165) is 0 Å². The van der Waals surface area contributed by atoms with Crippen molar-refractivity contribution in [3.8, 4) is 17.2 Å². The fourth-order valence-electron chi connectivity index (χ4n) is 5.84. The lowest BCUT2D eigenvalue weighted by Crippen LogP contribution is -2.53. The molecule has 39 heavy (non-hydrogen) atoms. The van der Waals surface area contributed by atoms with E-state index < -0.39 is 89.6 Å². The summed E-state index contributed by atoms with van der Waals surface area (Å²) in [6, 6.07) is 3.69. The van der Waals surface area contributed by atoms with Gasteiger partial charge >= 0.3 is 0 Å². The maximum Gasteiger partial charge on any atom is 0.202 e. The number of fused-ring (bicyclic) bond motifs is 3. The number of aliphatic hydroxyl groups excluding tert-OH is 3. The normalized spacial score (nSPS) is 30.8. The number of carbonyl (C=O) groups excluding carboxylic acids is 2. The van der Waals surface area contributed by atoms with Crippen LogP contribution in [0.15, 0.2) is 18.2 Å². The van der Waals surface area contributed by atoms with E-state index in [2.05, 4.69) is 0 Å². The second kappa shape index (κ2) is 9.82. The summed E-state index contributed by atoms with van der Waals surface area (Å²) >= 11 is 0. The van der Waals surface area contributed by atoms with E-state index in [-0.39, 0.29) is 40.8 Å². The van der Waals surface area contributed by atoms with E-state index in [4.69, 9.17) is 19.9 Å². The number of nitrogens with two attached hydrogens (primary N) is 1. The van der Waals surface area contributed by atoms with Gasteiger partial charge in [0.1, 0.15) is 23.4 Å². The third-order valence-electron chi connectivity index (χ3n) is 7.97. The lowest BCUT2D eigenvalue weighted by atomic mass is 9.71. The molecule has 2 aliphatic carbocycles. The first-order valence-electron chi connectivity index (χ1n) is 12.6. The van der Waals surface area contributed by atoms with Gasteiger partial charge in [-0.15, -0.1) is 0 Å². The van der Waals surface area contributed by atoms with Gasteiger partial charge in [0.2, 0.25) is 5.78 Å². The van der Waals surface area contributed by atoms with Crippen molar-refractivity contribution < 1.29 is 54.4 Å². The van der Waals surface area contributed by atoms with Gasteiger partial charge in [-0.1, -0.05) is 12.1 Å². The summed E-state index contributed by atoms with van der Waals surface area (Å²) in [6.45, 7) is 0.768. The topological polar surface area (TPSA) is 209 Å². The van der Waals surface area contributed by atoms with Gasteiger partial charge in [0, 0.05) is 42.0 Å². The van der Waals surface area contributed by atoms with Crippen LogP contribution in [-0.4, -0.2) is 92.2 Å². The van der Waals surface area contributed by atoms with Gasteiger partial charge in [0.25, 0.3) is 0 Å². The third kappa shape index (κ3) is 4.19. The number of hydrogen-bond acceptors (Lipinski definition) is 12. The van der Waals surface area contributed by atoms with Crippen molar-refractivity contribution >= 4 is 11.6 Å². The molecule has 0 aromatic heterocycles.